The van der Waals surface area contributed by atoms with Crippen molar-refractivity contribution in [3.63, 3.8) is 0 Å². The minimum atomic E-state index is -0.546. The summed E-state index contributed by atoms with van der Waals surface area (Å²) < 4.78 is 10.6. The Morgan fingerprint density at radius 3 is 2.21 bits per heavy atom. The second-order valence-electron chi connectivity index (χ2n) is 7.17. The second-order valence-corrected chi connectivity index (χ2v) is 7.17. The molecular weight excluding hydrogens is 374 g/mol. The molecule has 0 rings (SSSR count). The molecule has 3 N–H and O–H groups in total. The first-order valence-corrected chi connectivity index (χ1v) is 10.9. The highest BCUT2D eigenvalue weighted by Crippen LogP contribution is 2.04. The largest absolute Gasteiger partial charge is 0.379 e. The van der Waals surface area contributed by atoms with Gasteiger partial charge in [0.15, 0.2) is 0 Å². The summed E-state index contributed by atoms with van der Waals surface area (Å²) in [5.41, 5.74) is 0. The fourth-order valence-electron chi connectivity index (χ4n) is 2.84. The summed E-state index contributed by atoms with van der Waals surface area (Å²) in [6.45, 7) is 9.54. The van der Waals surface area contributed by atoms with E-state index in [0.29, 0.717) is 32.8 Å². The zero-order valence-electron chi connectivity index (χ0n) is 18.7. The third-order valence-corrected chi connectivity index (χ3v) is 4.36. The van der Waals surface area contributed by atoms with Crippen molar-refractivity contribution in [1.29, 1.82) is 0 Å². The van der Waals surface area contributed by atoms with E-state index in [-0.39, 0.29) is 30.4 Å². The van der Waals surface area contributed by atoms with Crippen molar-refractivity contribution in [1.82, 2.24) is 16.0 Å². The fraction of sp³-hybridized carbons (Fsp3) is 0.857. The molecule has 2 unspecified atom stereocenters. The molecule has 0 aliphatic rings. The van der Waals surface area contributed by atoms with Crippen LogP contribution in [0.3, 0.4) is 0 Å². The summed E-state index contributed by atoms with van der Waals surface area (Å²) in [4.78, 5) is 35.5. The molecule has 8 heteroatoms. The number of carbonyl (C=O) groups is 3. The third kappa shape index (κ3) is 15.9. The molecule has 0 aliphatic carbocycles. The van der Waals surface area contributed by atoms with E-state index in [1.165, 1.54) is 6.92 Å². The van der Waals surface area contributed by atoms with Gasteiger partial charge in [0, 0.05) is 26.1 Å². The second kappa shape index (κ2) is 18.4. The van der Waals surface area contributed by atoms with E-state index in [4.69, 9.17) is 9.47 Å². The van der Waals surface area contributed by atoms with E-state index in [9.17, 15) is 14.4 Å². The van der Waals surface area contributed by atoms with Crippen LogP contribution >= 0.6 is 0 Å². The van der Waals surface area contributed by atoms with Crippen molar-refractivity contribution < 1.29 is 23.9 Å². The Bertz CT molecular complexity index is 460. The van der Waals surface area contributed by atoms with E-state index in [2.05, 4.69) is 16.0 Å². The van der Waals surface area contributed by atoms with Crippen molar-refractivity contribution in [3.8, 4) is 0 Å². The highest BCUT2D eigenvalue weighted by Gasteiger charge is 2.19. The molecule has 0 aliphatic heterocycles. The van der Waals surface area contributed by atoms with Gasteiger partial charge in [-0.3, -0.25) is 14.4 Å². The van der Waals surface area contributed by atoms with Crippen molar-refractivity contribution in [2.45, 2.75) is 84.7 Å². The Balaban J connectivity index is 4.06. The molecule has 3 amide bonds. The van der Waals surface area contributed by atoms with Crippen molar-refractivity contribution in [2.24, 2.45) is 0 Å². The zero-order chi connectivity index (χ0) is 21.9. The molecule has 0 fully saturated rings. The smallest absolute Gasteiger partial charge is 0.246 e. The molecule has 0 bridgehead atoms. The summed E-state index contributed by atoms with van der Waals surface area (Å²) >= 11 is 0. The maximum Gasteiger partial charge on any atom is 0.246 e. The molecule has 8 nitrogen and oxygen atoms in total. The van der Waals surface area contributed by atoms with Crippen LogP contribution in [0.1, 0.15) is 72.6 Å². The van der Waals surface area contributed by atoms with Crippen LogP contribution in [0.15, 0.2) is 0 Å². The van der Waals surface area contributed by atoms with Crippen LogP contribution < -0.4 is 16.0 Å². The van der Waals surface area contributed by atoms with Crippen molar-refractivity contribution in [3.05, 3.63) is 0 Å². The highest BCUT2D eigenvalue weighted by atomic mass is 16.5. The van der Waals surface area contributed by atoms with Gasteiger partial charge in [0.1, 0.15) is 12.6 Å². The molecule has 0 heterocycles. The number of amides is 3. The Morgan fingerprint density at radius 1 is 0.862 bits per heavy atom. The molecule has 0 radical (unpaired) electrons. The van der Waals surface area contributed by atoms with Crippen LogP contribution in [-0.4, -0.2) is 62.8 Å². The predicted molar refractivity (Wildman–Crippen MR) is 114 cm³/mol. The lowest BCUT2D eigenvalue weighted by Gasteiger charge is -2.18. The van der Waals surface area contributed by atoms with E-state index < -0.39 is 6.04 Å². The summed E-state index contributed by atoms with van der Waals surface area (Å²) in [6.07, 6.45) is 5.84. The van der Waals surface area contributed by atoms with Gasteiger partial charge < -0.3 is 25.4 Å². The van der Waals surface area contributed by atoms with Gasteiger partial charge in [0.05, 0.1) is 13.2 Å². The molecule has 170 valence electrons. The Kier molecular flexibility index (Phi) is 17.3. The summed E-state index contributed by atoms with van der Waals surface area (Å²) in [5, 5.41) is 8.56. The third-order valence-electron chi connectivity index (χ3n) is 4.36. The number of unbranched alkanes of at least 4 members (excludes halogenated alkanes) is 1. The molecule has 0 aromatic rings. The van der Waals surface area contributed by atoms with Gasteiger partial charge in [-0.15, -0.1) is 0 Å². The summed E-state index contributed by atoms with van der Waals surface area (Å²) in [5.74, 6) is -0.476. The Labute approximate surface area is 175 Å². The Hall–Kier alpha value is -1.67. The van der Waals surface area contributed by atoms with Gasteiger partial charge in [-0.05, 0) is 38.5 Å². The minimum absolute atomic E-state index is 0.0132. The lowest BCUT2D eigenvalue weighted by Crippen LogP contribution is -2.48. The average molecular weight is 416 g/mol. The molecule has 0 aromatic heterocycles. The highest BCUT2D eigenvalue weighted by molar-refractivity contribution is 5.87. The number of hydrogen-bond donors (Lipinski definition) is 3. The van der Waals surface area contributed by atoms with Gasteiger partial charge in [-0.1, -0.05) is 27.2 Å². The van der Waals surface area contributed by atoms with Crippen LogP contribution in [-0.2, 0) is 23.9 Å². The van der Waals surface area contributed by atoms with E-state index in [1.54, 1.807) is 0 Å². The van der Waals surface area contributed by atoms with Crippen LogP contribution in [0.25, 0.3) is 0 Å². The first kappa shape index (κ1) is 27.3. The summed E-state index contributed by atoms with van der Waals surface area (Å²) in [6, 6.07) is -0.363. The zero-order valence-corrected chi connectivity index (χ0v) is 18.7. The van der Waals surface area contributed by atoms with E-state index >= 15 is 0 Å². The minimum Gasteiger partial charge on any atom is -0.379 e. The number of carbonyl (C=O) groups excluding carboxylic acids is 3. The topological polar surface area (TPSA) is 106 Å². The first-order valence-electron chi connectivity index (χ1n) is 10.9. The molecular formula is C21H41N3O5. The maximum atomic E-state index is 12.4. The standard InChI is InChI=1S/C21H41N3O5/c1-5-10-19(24-20(26)16-29-15-14-28-13-6-2)21(27)22-12-9-8-11-18(7-3)23-17(4)25/h18-19H,5-16H2,1-4H3,(H,22,27)(H,23,25)(H,24,26). The number of rotatable bonds is 18. The molecule has 0 saturated heterocycles. The van der Waals surface area contributed by atoms with Gasteiger partial charge in [0.2, 0.25) is 17.7 Å². The Morgan fingerprint density at radius 2 is 1.59 bits per heavy atom. The molecule has 0 spiro atoms. The van der Waals surface area contributed by atoms with Crippen molar-refractivity contribution in [2.75, 3.05) is 33.0 Å². The normalized spacial score (nSPS) is 12.8. The van der Waals surface area contributed by atoms with Gasteiger partial charge >= 0.3 is 0 Å². The lowest BCUT2D eigenvalue weighted by molar-refractivity contribution is -0.132. The SMILES string of the molecule is CCCOCCOCC(=O)NC(CCC)C(=O)NCCCCC(CC)NC(C)=O. The van der Waals surface area contributed by atoms with Crippen LogP contribution in [0.5, 0.6) is 0 Å². The molecule has 2 atom stereocenters. The van der Waals surface area contributed by atoms with Gasteiger partial charge in [-0.25, -0.2) is 0 Å². The lowest BCUT2D eigenvalue weighted by atomic mass is 10.1. The fourth-order valence-corrected chi connectivity index (χ4v) is 2.84. The van der Waals surface area contributed by atoms with Gasteiger partial charge in [0.25, 0.3) is 0 Å². The summed E-state index contributed by atoms with van der Waals surface area (Å²) in [7, 11) is 0. The predicted octanol–water partition coefficient (Wildman–Crippen LogP) is 1.92. The molecule has 0 saturated carbocycles. The average Bonchev–Trinajstić information content (AvgIpc) is 2.68. The number of nitrogens with one attached hydrogen (secondary N) is 3. The molecule has 29 heavy (non-hydrogen) atoms. The number of ether oxygens (including phenoxy) is 2. The quantitative estimate of drug-likeness (QED) is 0.297. The van der Waals surface area contributed by atoms with E-state index in [0.717, 1.165) is 38.5 Å². The monoisotopic (exact) mass is 415 g/mol. The maximum absolute atomic E-state index is 12.4. The molecule has 0 aromatic carbocycles. The first-order chi connectivity index (χ1) is 13.9. The van der Waals surface area contributed by atoms with Crippen molar-refractivity contribution >= 4 is 17.7 Å². The van der Waals surface area contributed by atoms with Gasteiger partial charge in [-0.2, -0.15) is 0 Å². The van der Waals surface area contributed by atoms with Crippen LogP contribution in [0.4, 0.5) is 0 Å². The number of hydrogen-bond acceptors (Lipinski definition) is 5. The van der Waals surface area contributed by atoms with E-state index in [1.807, 2.05) is 20.8 Å². The van der Waals surface area contributed by atoms with Crippen LogP contribution in [0.2, 0.25) is 0 Å². The van der Waals surface area contributed by atoms with Crippen LogP contribution in [0, 0.1) is 0 Å².